The van der Waals surface area contributed by atoms with Gasteiger partial charge in [-0.25, -0.2) is 0 Å². The highest BCUT2D eigenvalue weighted by atomic mass is 28.3. The van der Waals surface area contributed by atoms with E-state index in [1.807, 2.05) is 0 Å². The predicted octanol–water partition coefficient (Wildman–Crippen LogP) is 12.1. The predicted molar refractivity (Wildman–Crippen MR) is 388 cm³/mol. The molecule has 18 rings (SSSR count). The van der Waals surface area contributed by atoms with Gasteiger partial charge in [-0.1, -0.05) is 303 Å². The highest BCUT2D eigenvalue weighted by Gasteiger charge is 2.56. The van der Waals surface area contributed by atoms with Crippen molar-refractivity contribution in [2.75, 3.05) is 4.90 Å². The van der Waals surface area contributed by atoms with E-state index in [9.17, 15) is 0 Å². The van der Waals surface area contributed by atoms with Gasteiger partial charge in [0.2, 0.25) is 0 Å². The van der Waals surface area contributed by atoms with Crippen molar-refractivity contribution in [1.82, 2.24) is 9.13 Å². The normalized spacial score (nSPS) is 14.8. The monoisotopic (exact) mass is 1190 g/mol. The molecule has 0 bridgehead atoms. The highest BCUT2D eigenvalue weighted by Crippen LogP contribution is 2.44. The van der Waals surface area contributed by atoms with Crippen LogP contribution in [0, 0.1) is 0 Å². The Labute approximate surface area is 527 Å². The average molecular weight is 1190 g/mol. The van der Waals surface area contributed by atoms with E-state index in [2.05, 4.69) is 372 Å². The minimum absolute atomic E-state index is 1.13. The number of nitrogens with zero attached hydrogens (tertiary/aromatic N) is 3. The molecule has 0 saturated carbocycles. The van der Waals surface area contributed by atoms with Crippen LogP contribution in [0.4, 0.5) is 17.1 Å². The van der Waals surface area contributed by atoms with Gasteiger partial charge < -0.3 is 14.0 Å². The van der Waals surface area contributed by atoms with Crippen LogP contribution in [0.1, 0.15) is 0 Å². The standard InChI is InChI=1S/C84H59N3Si3/c1-7-30-62(31-8-1)88(63-32-9-2-10-33-63,64-34-11-3-12-35-64)69-54-55-73-72-45-21-24-48-76(72)86(78(73)59-69)61-53-56-81-79(58-61)87-77-49-25-26-50-80(77)90(67-40-17-6-18-41-67,68-42-27-29-60(57-68)85-74-46-22-19-43-70(74)71-44-20-23-47-75(71)85)83-52-28-51-82(84(83)87)89(81,65-36-13-4-14-37-65)66-38-15-5-16-39-66/h1-59H. The second-order valence-corrected chi connectivity index (χ2v) is 35.5. The van der Waals surface area contributed by atoms with Crippen molar-refractivity contribution in [3.63, 3.8) is 0 Å². The van der Waals surface area contributed by atoms with Gasteiger partial charge in [-0.05, 0) is 117 Å². The van der Waals surface area contributed by atoms with Gasteiger partial charge >= 0.3 is 0 Å². The van der Waals surface area contributed by atoms with Crippen LogP contribution in [0.25, 0.3) is 55.0 Å². The van der Waals surface area contributed by atoms with E-state index in [1.165, 1.54) is 123 Å². The smallest absolute Gasteiger partial charge is 0.184 e. The van der Waals surface area contributed by atoms with Crippen LogP contribution in [0.5, 0.6) is 0 Å². The number of hydrogen-bond donors (Lipinski definition) is 0. The molecule has 0 N–H and O–H groups in total. The lowest BCUT2D eigenvalue weighted by molar-refractivity contribution is 1.17. The Kier molecular flexibility index (Phi) is 12.0. The second kappa shape index (κ2) is 20.6. The first kappa shape index (κ1) is 52.3. The third-order valence-corrected chi connectivity index (χ3v) is 34.4. The minimum Gasteiger partial charge on any atom is -0.311 e. The zero-order valence-electron chi connectivity index (χ0n) is 49.4. The second-order valence-electron chi connectivity index (χ2n) is 24.2. The number of hydrogen-bond acceptors (Lipinski definition) is 1. The fourth-order valence-electron chi connectivity index (χ4n) is 16.5. The first-order valence-corrected chi connectivity index (χ1v) is 37.3. The molecule has 2 aliphatic heterocycles. The molecule has 0 radical (unpaired) electrons. The van der Waals surface area contributed by atoms with Crippen molar-refractivity contribution in [3.05, 3.63) is 358 Å². The maximum Gasteiger partial charge on any atom is 0.184 e. The number of aromatic nitrogens is 2. The fourth-order valence-corrected chi connectivity index (χ4v) is 31.6. The van der Waals surface area contributed by atoms with Gasteiger partial charge in [0.25, 0.3) is 0 Å². The van der Waals surface area contributed by atoms with Crippen LogP contribution in [-0.2, 0) is 0 Å². The third kappa shape index (κ3) is 7.32. The molecule has 2 aromatic heterocycles. The molecule has 3 nitrogen and oxygen atoms in total. The Hall–Kier alpha value is -10.9. The zero-order valence-corrected chi connectivity index (χ0v) is 52.4. The third-order valence-electron chi connectivity index (χ3n) is 20.0. The van der Waals surface area contributed by atoms with E-state index in [1.54, 1.807) is 0 Å². The summed E-state index contributed by atoms with van der Waals surface area (Å²) >= 11 is 0. The molecular formula is C84H59N3Si3. The van der Waals surface area contributed by atoms with Crippen LogP contribution >= 0.6 is 0 Å². The SMILES string of the molecule is c1ccc([Si](c2ccccc2)(c2ccccc2)c2ccc3c4ccccc4n(-c4ccc5c(c4)N4c6ccccc6[Si](c6ccccc6)(c6cccc(-n7c8ccccc8c8ccccc87)c6)c6cccc(c64)[Si]5(c4ccccc4)c4ccccc4)c3c2)cc1. The van der Waals surface area contributed by atoms with E-state index in [-0.39, 0.29) is 0 Å². The average Bonchev–Trinajstić information content (AvgIpc) is 0.846. The highest BCUT2D eigenvalue weighted by molar-refractivity contribution is 7.25. The Balaban J connectivity index is 0.947. The van der Waals surface area contributed by atoms with Crippen LogP contribution < -0.4 is 67.1 Å². The number of anilines is 3. The van der Waals surface area contributed by atoms with E-state index >= 15 is 0 Å². The van der Waals surface area contributed by atoms with Crippen molar-refractivity contribution in [2.24, 2.45) is 0 Å². The molecule has 1 unspecified atom stereocenters. The minimum atomic E-state index is -3.28. The van der Waals surface area contributed by atoms with Gasteiger partial charge in [0.15, 0.2) is 24.2 Å². The number of para-hydroxylation sites is 5. The van der Waals surface area contributed by atoms with Gasteiger partial charge in [-0.15, -0.1) is 0 Å². The van der Waals surface area contributed by atoms with Gasteiger partial charge in [-0.3, -0.25) is 0 Å². The molecule has 14 aromatic carbocycles. The maximum atomic E-state index is 2.72. The molecule has 0 fully saturated rings. The van der Waals surface area contributed by atoms with Crippen LogP contribution in [0.3, 0.4) is 0 Å². The molecule has 6 heteroatoms. The Morgan fingerprint density at radius 3 is 1.12 bits per heavy atom. The van der Waals surface area contributed by atoms with Crippen molar-refractivity contribution < 1.29 is 0 Å². The van der Waals surface area contributed by atoms with Crippen LogP contribution in [0.15, 0.2) is 358 Å². The lowest BCUT2D eigenvalue weighted by Gasteiger charge is -2.52. The molecule has 16 aromatic rings. The number of rotatable bonds is 10. The summed E-state index contributed by atoms with van der Waals surface area (Å²) in [5, 5.41) is 21.4. The molecule has 4 heterocycles. The first-order chi connectivity index (χ1) is 44.7. The molecule has 2 aliphatic rings. The van der Waals surface area contributed by atoms with Crippen molar-refractivity contribution in [3.8, 4) is 11.4 Å². The lowest BCUT2D eigenvalue weighted by Crippen LogP contribution is -2.82. The summed E-state index contributed by atoms with van der Waals surface area (Å²) < 4.78 is 5.08. The van der Waals surface area contributed by atoms with Gasteiger partial charge in [0, 0.05) is 50.0 Å². The summed E-state index contributed by atoms with van der Waals surface area (Å²) in [4.78, 5) is 2.72. The first-order valence-electron chi connectivity index (χ1n) is 31.3. The zero-order chi connectivity index (χ0) is 59.4. The molecule has 0 saturated heterocycles. The van der Waals surface area contributed by atoms with Crippen molar-refractivity contribution in [2.45, 2.75) is 0 Å². The van der Waals surface area contributed by atoms with Gasteiger partial charge in [0.05, 0.1) is 22.1 Å². The maximum absolute atomic E-state index is 3.28. The Bertz CT molecular complexity index is 5250. The molecule has 1 atom stereocenters. The largest absolute Gasteiger partial charge is 0.311 e. The van der Waals surface area contributed by atoms with Gasteiger partial charge in [0.1, 0.15) is 0 Å². The summed E-state index contributed by atoms with van der Waals surface area (Å²) in [7, 11) is -9.43. The lowest BCUT2D eigenvalue weighted by atomic mass is 10.1. The number of fused-ring (bicyclic) bond motifs is 10. The van der Waals surface area contributed by atoms with E-state index < -0.39 is 24.2 Å². The quantitative estimate of drug-likeness (QED) is 0.0982. The summed E-state index contributed by atoms with van der Waals surface area (Å²) in [6, 6.07) is 137. The van der Waals surface area contributed by atoms with Crippen molar-refractivity contribution >= 4 is 147 Å². The molecule has 90 heavy (non-hydrogen) atoms. The van der Waals surface area contributed by atoms with Crippen LogP contribution in [0.2, 0.25) is 0 Å². The van der Waals surface area contributed by atoms with E-state index in [0.717, 1.165) is 11.4 Å². The van der Waals surface area contributed by atoms with Crippen molar-refractivity contribution in [1.29, 1.82) is 0 Å². The molecule has 0 aliphatic carbocycles. The summed E-state index contributed by atoms with van der Waals surface area (Å²) in [6.07, 6.45) is 0. The molecule has 0 spiro atoms. The van der Waals surface area contributed by atoms with Gasteiger partial charge in [-0.2, -0.15) is 0 Å². The van der Waals surface area contributed by atoms with E-state index in [4.69, 9.17) is 0 Å². The Morgan fingerprint density at radius 1 is 0.222 bits per heavy atom. The number of benzene rings is 14. The topological polar surface area (TPSA) is 13.1 Å². The fraction of sp³-hybridized carbons (Fsp3) is 0. The molecule has 422 valence electrons. The van der Waals surface area contributed by atoms with Crippen LogP contribution in [-0.4, -0.2) is 33.4 Å². The molecule has 0 amide bonds. The summed E-state index contributed by atoms with van der Waals surface area (Å²) in [5.41, 5.74) is 10.8. The molecular weight excluding hydrogens is 1140 g/mol. The summed E-state index contributed by atoms with van der Waals surface area (Å²) in [5.74, 6) is 0. The summed E-state index contributed by atoms with van der Waals surface area (Å²) in [6.45, 7) is 0. The van der Waals surface area contributed by atoms with E-state index in [0.29, 0.717) is 0 Å². The Morgan fingerprint density at radius 2 is 0.600 bits per heavy atom.